The zero-order chi connectivity index (χ0) is 20.7. The zero-order valence-corrected chi connectivity index (χ0v) is 17.3. The van der Waals surface area contributed by atoms with E-state index in [0.29, 0.717) is 12.1 Å². The van der Waals surface area contributed by atoms with Crippen molar-refractivity contribution in [3.63, 3.8) is 0 Å². The number of benzene rings is 1. The average Bonchev–Trinajstić information content (AvgIpc) is 3.49. The molecule has 1 atom stereocenters. The molecule has 0 saturated heterocycles. The van der Waals surface area contributed by atoms with Gasteiger partial charge in [0.25, 0.3) is 0 Å². The topological polar surface area (TPSA) is 68.3 Å². The lowest BCUT2D eigenvalue weighted by Gasteiger charge is -2.35. The van der Waals surface area contributed by atoms with Crippen LogP contribution in [0.15, 0.2) is 62.4 Å². The van der Waals surface area contributed by atoms with Crippen LogP contribution < -0.4 is 5.76 Å². The molecule has 1 amide bonds. The van der Waals surface area contributed by atoms with Crippen molar-refractivity contribution in [2.75, 3.05) is 6.54 Å². The molecule has 4 aromatic rings. The molecule has 1 aromatic carbocycles. The summed E-state index contributed by atoms with van der Waals surface area (Å²) in [7, 11) is 0. The molecule has 152 valence electrons. The monoisotopic (exact) mass is 441 g/mol. The molecular weight excluding hydrogens is 425 g/mol. The van der Waals surface area contributed by atoms with Crippen molar-refractivity contribution in [2.24, 2.45) is 0 Å². The molecule has 30 heavy (non-hydrogen) atoms. The van der Waals surface area contributed by atoms with Crippen LogP contribution in [0.4, 0.5) is 4.39 Å². The number of carbonyl (C=O) groups excluding carboxylic acids is 1. The second-order valence-electron chi connectivity index (χ2n) is 6.89. The number of aromatic nitrogens is 2. The van der Waals surface area contributed by atoms with Gasteiger partial charge in [-0.2, -0.15) is 4.68 Å². The van der Waals surface area contributed by atoms with Crippen molar-refractivity contribution in [3.8, 4) is 11.5 Å². The van der Waals surface area contributed by atoms with Crippen molar-refractivity contribution in [2.45, 2.75) is 19.0 Å². The molecule has 1 aliphatic heterocycles. The smallest absolute Gasteiger partial charge is 0.388 e. The van der Waals surface area contributed by atoms with Gasteiger partial charge in [-0.05, 0) is 59.1 Å². The molecule has 3 aromatic heterocycles. The summed E-state index contributed by atoms with van der Waals surface area (Å²) in [5, 5.41) is 8.19. The summed E-state index contributed by atoms with van der Waals surface area (Å²) in [6, 6.07) is 11.4. The van der Waals surface area contributed by atoms with Crippen molar-refractivity contribution in [3.05, 3.63) is 84.9 Å². The molecular formula is C21H16FN3O3S2. The number of halogens is 1. The molecule has 1 unspecified atom stereocenters. The predicted molar refractivity (Wildman–Crippen MR) is 112 cm³/mol. The minimum absolute atomic E-state index is 0.0568. The molecule has 0 radical (unpaired) electrons. The Morgan fingerprint density at radius 1 is 1.17 bits per heavy atom. The maximum atomic E-state index is 13.2. The van der Waals surface area contributed by atoms with Gasteiger partial charge in [-0.15, -0.1) is 27.8 Å². The Hall–Kier alpha value is -3.04. The van der Waals surface area contributed by atoms with Gasteiger partial charge in [-0.1, -0.05) is 6.07 Å². The summed E-state index contributed by atoms with van der Waals surface area (Å²) >= 11 is 3.31. The van der Waals surface area contributed by atoms with Gasteiger partial charge in [-0.25, -0.2) is 9.18 Å². The Balaban J connectivity index is 1.43. The molecule has 0 fully saturated rings. The fraction of sp³-hybridized carbons (Fsp3) is 0.190. The van der Waals surface area contributed by atoms with Gasteiger partial charge in [0, 0.05) is 21.9 Å². The second-order valence-corrected chi connectivity index (χ2v) is 8.87. The van der Waals surface area contributed by atoms with Gasteiger partial charge >= 0.3 is 5.76 Å². The van der Waals surface area contributed by atoms with E-state index in [9.17, 15) is 14.0 Å². The summed E-state index contributed by atoms with van der Waals surface area (Å²) in [6.07, 6.45) is 0.787. The fourth-order valence-corrected chi connectivity index (χ4v) is 5.43. The van der Waals surface area contributed by atoms with Gasteiger partial charge in [0.05, 0.1) is 6.04 Å². The Labute approximate surface area is 178 Å². The highest BCUT2D eigenvalue weighted by atomic mass is 32.1. The first-order valence-electron chi connectivity index (χ1n) is 9.33. The number of hydrogen-bond donors (Lipinski definition) is 0. The lowest BCUT2D eigenvalue weighted by atomic mass is 9.98. The third-order valence-corrected chi connectivity index (χ3v) is 7.00. The minimum Gasteiger partial charge on any atom is -0.388 e. The molecule has 6 nitrogen and oxygen atoms in total. The number of rotatable bonds is 4. The van der Waals surface area contributed by atoms with Crippen LogP contribution in [0.5, 0.6) is 0 Å². The van der Waals surface area contributed by atoms with Gasteiger partial charge in [-0.3, -0.25) is 4.79 Å². The normalized spacial score (nSPS) is 15.9. The van der Waals surface area contributed by atoms with Crippen LogP contribution in [-0.2, 0) is 17.8 Å². The SMILES string of the molecule is O=C(Cn1nc(-c2ccc(F)cc2)oc1=O)N1CCc2sccc2C1c1cccs1. The highest BCUT2D eigenvalue weighted by Crippen LogP contribution is 2.39. The summed E-state index contributed by atoms with van der Waals surface area (Å²) in [5.41, 5.74) is 1.61. The summed E-state index contributed by atoms with van der Waals surface area (Å²) in [6.45, 7) is 0.358. The maximum Gasteiger partial charge on any atom is 0.437 e. The Bertz CT molecular complexity index is 1240. The van der Waals surface area contributed by atoms with E-state index in [0.717, 1.165) is 21.5 Å². The first-order chi connectivity index (χ1) is 14.6. The van der Waals surface area contributed by atoms with Crippen LogP contribution in [0, 0.1) is 5.82 Å². The molecule has 9 heteroatoms. The summed E-state index contributed by atoms with van der Waals surface area (Å²) < 4.78 is 19.3. The van der Waals surface area contributed by atoms with E-state index < -0.39 is 11.6 Å². The number of thiophene rings is 2. The van der Waals surface area contributed by atoms with Crippen LogP contribution in [0.1, 0.15) is 21.4 Å². The lowest BCUT2D eigenvalue weighted by molar-refractivity contribution is -0.134. The highest BCUT2D eigenvalue weighted by Gasteiger charge is 2.33. The van der Waals surface area contributed by atoms with Crippen LogP contribution >= 0.6 is 22.7 Å². The molecule has 0 saturated carbocycles. The maximum absolute atomic E-state index is 13.2. The zero-order valence-electron chi connectivity index (χ0n) is 15.7. The molecule has 5 rings (SSSR count). The van der Waals surface area contributed by atoms with Gasteiger partial charge < -0.3 is 9.32 Å². The van der Waals surface area contributed by atoms with Gasteiger partial charge in [0.15, 0.2) is 0 Å². The summed E-state index contributed by atoms with van der Waals surface area (Å²) in [4.78, 5) is 29.6. The number of hydrogen-bond acceptors (Lipinski definition) is 6. The highest BCUT2D eigenvalue weighted by molar-refractivity contribution is 7.10. The number of amides is 1. The van der Waals surface area contributed by atoms with Crippen molar-refractivity contribution >= 4 is 28.6 Å². The number of fused-ring (bicyclic) bond motifs is 1. The predicted octanol–water partition coefficient (Wildman–Crippen LogP) is 3.94. The van der Waals surface area contributed by atoms with E-state index in [2.05, 4.69) is 16.5 Å². The third kappa shape index (κ3) is 3.40. The van der Waals surface area contributed by atoms with Crippen LogP contribution in [-0.4, -0.2) is 27.1 Å². The molecule has 0 N–H and O–H groups in total. The van der Waals surface area contributed by atoms with E-state index in [1.807, 2.05) is 17.5 Å². The Morgan fingerprint density at radius 3 is 2.77 bits per heavy atom. The third-order valence-electron chi connectivity index (χ3n) is 5.08. The average molecular weight is 442 g/mol. The first kappa shape index (κ1) is 19.0. The van der Waals surface area contributed by atoms with E-state index in [-0.39, 0.29) is 24.4 Å². The standard InChI is InChI=1S/C21H16FN3O3S2/c22-14-5-3-13(4-6-14)20-23-25(21(27)28-20)12-18(26)24-9-7-16-15(8-11-30-16)19(24)17-2-1-10-29-17/h1-6,8,10-11,19H,7,9,12H2. The van der Waals surface area contributed by atoms with E-state index in [4.69, 9.17) is 4.42 Å². The van der Waals surface area contributed by atoms with Crippen LogP contribution in [0.25, 0.3) is 11.5 Å². The number of nitrogens with zero attached hydrogens (tertiary/aromatic N) is 3. The quantitative estimate of drug-likeness (QED) is 0.481. The van der Waals surface area contributed by atoms with E-state index in [1.165, 1.54) is 29.1 Å². The van der Waals surface area contributed by atoms with Gasteiger partial charge in [0.1, 0.15) is 12.4 Å². The van der Waals surface area contributed by atoms with Crippen molar-refractivity contribution < 1.29 is 13.6 Å². The van der Waals surface area contributed by atoms with Crippen molar-refractivity contribution in [1.82, 2.24) is 14.7 Å². The molecule has 1 aliphatic rings. The largest absolute Gasteiger partial charge is 0.437 e. The lowest BCUT2D eigenvalue weighted by Crippen LogP contribution is -2.42. The molecule has 0 bridgehead atoms. The Morgan fingerprint density at radius 2 is 2.00 bits per heavy atom. The van der Waals surface area contributed by atoms with Crippen molar-refractivity contribution in [1.29, 1.82) is 0 Å². The Kier molecular flexibility index (Phi) is 4.84. The van der Waals surface area contributed by atoms with Gasteiger partial charge in [0.2, 0.25) is 11.8 Å². The molecule has 4 heterocycles. The van der Waals surface area contributed by atoms with E-state index >= 15 is 0 Å². The van der Waals surface area contributed by atoms with E-state index in [1.54, 1.807) is 27.6 Å². The number of carbonyl (C=O) groups is 1. The molecule has 0 aliphatic carbocycles. The minimum atomic E-state index is -0.719. The molecule has 0 spiro atoms. The first-order valence-corrected chi connectivity index (χ1v) is 11.1. The van der Waals surface area contributed by atoms with Crippen LogP contribution in [0.2, 0.25) is 0 Å². The fourth-order valence-electron chi connectivity index (χ4n) is 3.67. The summed E-state index contributed by atoms with van der Waals surface area (Å²) in [5.74, 6) is -1.26. The van der Waals surface area contributed by atoms with Crippen LogP contribution in [0.3, 0.4) is 0 Å². The second kappa shape index (κ2) is 7.66.